The fourth-order valence-electron chi connectivity index (χ4n) is 9.09. The lowest BCUT2D eigenvalue weighted by Crippen LogP contribution is -2.46. The fourth-order valence-corrected chi connectivity index (χ4v) is 9.09. The molecule has 19 heteroatoms. The van der Waals surface area contributed by atoms with Gasteiger partial charge in [0, 0.05) is 74.3 Å². The first-order chi connectivity index (χ1) is 34.7. The Morgan fingerprint density at radius 1 is 0.917 bits per heavy atom. The van der Waals surface area contributed by atoms with Crippen molar-refractivity contribution in [2.24, 2.45) is 29.0 Å². The Hall–Kier alpha value is -7.27. The number of carbonyl (C=O) groups excluding carboxylic acids is 5. The highest BCUT2D eigenvalue weighted by atomic mass is 16.5. The molecular formula is C53H67N9O10. The van der Waals surface area contributed by atoms with Crippen LogP contribution in [0.4, 0.5) is 5.82 Å². The van der Waals surface area contributed by atoms with E-state index in [0.717, 1.165) is 31.4 Å². The molecule has 72 heavy (non-hydrogen) atoms. The summed E-state index contributed by atoms with van der Waals surface area (Å²) in [5, 5.41) is 19.0. The van der Waals surface area contributed by atoms with Crippen LogP contribution >= 0.6 is 0 Å². The molecule has 4 atom stereocenters. The van der Waals surface area contributed by atoms with Gasteiger partial charge in [-0.25, -0.2) is 9.97 Å². The van der Waals surface area contributed by atoms with Crippen molar-refractivity contribution in [2.75, 3.05) is 45.6 Å². The van der Waals surface area contributed by atoms with E-state index >= 15 is 0 Å². The number of carboxylic acid groups (broad SMARTS) is 1. The van der Waals surface area contributed by atoms with Crippen molar-refractivity contribution in [3.8, 4) is 45.8 Å². The number of aromatic nitrogens is 2. The van der Waals surface area contributed by atoms with Gasteiger partial charge in [-0.1, -0.05) is 25.5 Å². The van der Waals surface area contributed by atoms with Gasteiger partial charge in [0.15, 0.2) is 23.2 Å². The number of amides is 2. The highest BCUT2D eigenvalue weighted by Gasteiger charge is 2.37. The van der Waals surface area contributed by atoms with Crippen LogP contribution in [-0.2, 0) is 30.4 Å². The molecule has 0 radical (unpaired) electrons. The second-order valence-electron chi connectivity index (χ2n) is 18.0. The number of aryl methyl sites for hydroxylation is 1. The van der Waals surface area contributed by atoms with E-state index < -0.39 is 47.3 Å². The number of nitrogens with one attached hydrogen (secondary N) is 1. The van der Waals surface area contributed by atoms with E-state index in [1.165, 1.54) is 18.4 Å². The molecule has 1 fully saturated rings. The third-order valence-corrected chi connectivity index (χ3v) is 12.7. The molecule has 1 aromatic heterocycles. The number of fused-ring (bicyclic) bond motifs is 5. The van der Waals surface area contributed by atoms with Gasteiger partial charge in [-0.2, -0.15) is 5.26 Å². The molecule has 0 spiro atoms. The van der Waals surface area contributed by atoms with E-state index in [1.54, 1.807) is 44.2 Å². The Morgan fingerprint density at radius 3 is 2.17 bits per heavy atom. The quantitative estimate of drug-likeness (QED) is 0.0530. The van der Waals surface area contributed by atoms with Gasteiger partial charge in [0.25, 0.3) is 6.47 Å². The molecule has 10 N–H and O–H groups in total. The number of nitriles is 1. The minimum atomic E-state index is -1.27. The second kappa shape index (κ2) is 27.4. The molecule has 2 heterocycles. The summed E-state index contributed by atoms with van der Waals surface area (Å²) in [6.07, 6.45) is 5.22. The normalized spacial score (nSPS) is 17.4. The number of hydrogen-bond donors (Lipinski definition) is 6. The smallest absolute Gasteiger partial charge is 0.290 e. The van der Waals surface area contributed by atoms with E-state index in [0.29, 0.717) is 50.8 Å². The van der Waals surface area contributed by atoms with E-state index in [2.05, 4.69) is 15.3 Å². The number of carbonyl (C=O) groups is 6. The van der Waals surface area contributed by atoms with Gasteiger partial charge in [-0.05, 0) is 112 Å². The molecule has 2 amide bonds. The number of Topliss-reactive ketones (excluding diaryl/α,β-unsaturated/α-hetero) is 3. The summed E-state index contributed by atoms with van der Waals surface area (Å²) in [6, 6.07) is 17.6. The molecule has 1 aliphatic heterocycles. The Morgan fingerprint density at radius 2 is 1.56 bits per heavy atom. The van der Waals surface area contributed by atoms with E-state index in [4.69, 9.17) is 47.0 Å². The molecule has 1 aliphatic carbocycles. The molecule has 19 nitrogen and oxygen atoms in total. The first-order valence-electron chi connectivity index (χ1n) is 24.3. The minimum Gasteiger partial charge on any atom is -0.492 e. The van der Waals surface area contributed by atoms with Crippen molar-refractivity contribution in [3.05, 3.63) is 83.0 Å². The topological polar surface area (TPSA) is 319 Å². The number of likely N-dealkylation sites (N-methyl/N-ethyl adjacent to an activating group) is 1. The number of ether oxygens (including phenoxy) is 3. The van der Waals surface area contributed by atoms with Crippen molar-refractivity contribution in [2.45, 2.75) is 103 Å². The maximum atomic E-state index is 14.8. The minimum absolute atomic E-state index is 0.0387. The molecule has 0 unspecified atom stereocenters. The van der Waals surface area contributed by atoms with Crippen LogP contribution in [0.1, 0.15) is 104 Å². The maximum Gasteiger partial charge on any atom is 0.290 e. The number of hydrogen-bond acceptors (Lipinski definition) is 16. The summed E-state index contributed by atoms with van der Waals surface area (Å²) < 4.78 is 18.4. The predicted octanol–water partition coefficient (Wildman–Crippen LogP) is 5.04. The van der Waals surface area contributed by atoms with Crippen LogP contribution in [0.5, 0.6) is 17.2 Å². The Labute approximate surface area is 420 Å². The van der Waals surface area contributed by atoms with E-state index in [-0.39, 0.29) is 101 Å². The first-order valence-corrected chi connectivity index (χ1v) is 24.3. The Kier molecular flexibility index (Phi) is 21.2. The van der Waals surface area contributed by atoms with Gasteiger partial charge in [0.1, 0.15) is 42.3 Å². The van der Waals surface area contributed by atoms with E-state index in [9.17, 15) is 29.2 Å². The third kappa shape index (κ3) is 14.7. The number of anilines is 1. The zero-order valence-corrected chi connectivity index (χ0v) is 41.3. The molecule has 2 aliphatic rings. The predicted molar refractivity (Wildman–Crippen MR) is 270 cm³/mol. The Bertz CT molecular complexity index is 2560. The zero-order chi connectivity index (χ0) is 52.3. The van der Waals surface area contributed by atoms with Crippen molar-refractivity contribution >= 4 is 41.5 Å². The number of nitrogens with zero attached hydrogens (tertiary/aromatic N) is 4. The largest absolute Gasteiger partial charge is 0.492 e. The second-order valence-corrected chi connectivity index (χ2v) is 18.0. The Balaban J connectivity index is 0.00000313. The molecule has 384 valence electrons. The van der Waals surface area contributed by atoms with Crippen LogP contribution < -0.4 is 42.5 Å². The number of benzene rings is 3. The third-order valence-electron chi connectivity index (χ3n) is 12.7. The van der Waals surface area contributed by atoms with Crippen LogP contribution in [0.15, 0.2) is 60.7 Å². The molecule has 4 aromatic rings. The van der Waals surface area contributed by atoms with Crippen molar-refractivity contribution in [1.29, 1.82) is 5.26 Å². The standard InChI is InChI=1S/C52H65N9O8.CH2O2/c1-31-26-44(64)48(35-14-18-46(68-25-23-56)40(29-35)39-27-33(11-17-45(39)67-24-22-55)28-41(59-51(31)65)42(62)10-7-20-53)61(3)52(66)36(19-21-54)30-43(63)47-32(2)58-50(60-49(47)57)34-12-15-38(16-13-34)69-37-8-5-4-6-9-37;2-1-3/h11-18,27,29,31,36-37,41,48H,4-10,19,21-26,28,30,54-56H2,1-3H3,(H,59,65)(H2,57,58,60);1H,(H,2,3)/t31-,36-,41+,48+;/m1./s1. The van der Waals surface area contributed by atoms with Gasteiger partial charge in [0.05, 0.1) is 29.5 Å². The van der Waals surface area contributed by atoms with Gasteiger partial charge >= 0.3 is 0 Å². The van der Waals surface area contributed by atoms with Crippen LogP contribution in [-0.4, -0.2) is 108 Å². The molecule has 6 rings (SSSR count). The van der Waals surface area contributed by atoms with Crippen molar-refractivity contribution in [1.82, 2.24) is 20.2 Å². The SMILES string of the molecule is Cc1nc(-c2ccc(OC3CCCCC3)cc2)nc(N)c1C(=O)C[C@@H](CCN)C(=O)N(C)[C@@H]1C(=O)C[C@@H](C)C(=O)N[C@H](C(=O)CCC#N)Cc2ccc(OCCN)c(c2)-c2cc1ccc2OCCN.O=CO. The van der Waals surface area contributed by atoms with Gasteiger partial charge in [-0.3, -0.25) is 28.8 Å². The summed E-state index contributed by atoms with van der Waals surface area (Å²) >= 11 is 0. The van der Waals surface area contributed by atoms with Gasteiger partial charge in [0.2, 0.25) is 11.8 Å². The van der Waals surface area contributed by atoms with Crippen LogP contribution in [0.2, 0.25) is 0 Å². The van der Waals surface area contributed by atoms with Crippen LogP contribution in [0.25, 0.3) is 22.5 Å². The summed E-state index contributed by atoms with van der Waals surface area (Å²) in [5.74, 6) is -2.44. The molecule has 0 saturated heterocycles. The molecular weight excluding hydrogens is 923 g/mol. The lowest BCUT2D eigenvalue weighted by molar-refractivity contribution is -0.142. The highest BCUT2D eigenvalue weighted by molar-refractivity contribution is 6.03. The molecule has 3 aromatic carbocycles. The number of rotatable bonds is 19. The molecule has 1 saturated carbocycles. The summed E-state index contributed by atoms with van der Waals surface area (Å²) in [4.78, 5) is 90.0. The average Bonchev–Trinajstić information content (AvgIpc) is 3.36. The van der Waals surface area contributed by atoms with E-state index in [1.807, 2.05) is 36.4 Å². The number of ketones is 3. The van der Waals surface area contributed by atoms with Crippen molar-refractivity contribution in [3.63, 3.8) is 0 Å². The summed E-state index contributed by atoms with van der Waals surface area (Å²) in [5.41, 5.74) is 27.5. The summed E-state index contributed by atoms with van der Waals surface area (Å²) in [7, 11) is 1.48. The van der Waals surface area contributed by atoms with Gasteiger partial charge < -0.3 is 52.5 Å². The zero-order valence-electron chi connectivity index (χ0n) is 41.3. The van der Waals surface area contributed by atoms with Crippen LogP contribution in [0, 0.1) is 30.1 Å². The summed E-state index contributed by atoms with van der Waals surface area (Å²) in [6.45, 7) is 3.76. The highest BCUT2D eigenvalue weighted by Crippen LogP contribution is 2.41. The monoisotopic (exact) mass is 990 g/mol. The average molecular weight is 990 g/mol. The number of nitrogen functional groups attached to an aromatic ring is 1. The van der Waals surface area contributed by atoms with Crippen molar-refractivity contribution < 1.29 is 48.1 Å². The maximum absolute atomic E-state index is 14.8. The first kappa shape index (κ1) is 55.7. The number of nitrogens with two attached hydrogens (primary N) is 4. The molecule has 4 bridgehead atoms. The lowest BCUT2D eigenvalue weighted by atomic mass is 9.88. The lowest BCUT2D eigenvalue weighted by Gasteiger charge is -2.32. The fraction of sp³-hybridized carbons (Fsp3) is 0.453. The van der Waals surface area contributed by atoms with Gasteiger partial charge in [-0.15, -0.1) is 0 Å². The van der Waals surface area contributed by atoms with Crippen LogP contribution in [0.3, 0.4) is 0 Å².